The van der Waals surface area contributed by atoms with Crippen molar-refractivity contribution in [2.75, 3.05) is 19.6 Å². The van der Waals surface area contributed by atoms with Crippen LogP contribution in [0.15, 0.2) is 17.0 Å². The van der Waals surface area contributed by atoms with Crippen LogP contribution < -0.4 is 5.73 Å². The summed E-state index contributed by atoms with van der Waals surface area (Å²) < 4.78 is 26.9. The number of rotatable bonds is 4. The normalized spacial score (nSPS) is 22.9. The van der Waals surface area contributed by atoms with Crippen molar-refractivity contribution in [3.63, 3.8) is 0 Å². The molecule has 0 bridgehead atoms. The lowest BCUT2D eigenvalue weighted by molar-refractivity contribution is -0.387. The SMILES string of the molecule is Cc1cc([N+](=O)[O-])c(S(=O)(=O)N2CCC(C)(CN)C2)cc1C. The Morgan fingerprint density at radius 3 is 2.45 bits per heavy atom. The second kappa shape index (κ2) is 5.60. The summed E-state index contributed by atoms with van der Waals surface area (Å²) in [5, 5.41) is 11.2. The molecule has 1 unspecified atom stereocenters. The lowest BCUT2D eigenvalue weighted by Crippen LogP contribution is -2.34. The summed E-state index contributed by atoms with van der Waals surface area (Å²) in [6, 6.07) is 2.71. The van der Waals surface area contributed by atoms with E-state index in [2.05, 4.69) is 0 Å². The predicted octanol–water partition coefficient (Wildman–Crippen LogP) is 1.57. The van der Waals surface area contributed by atoms with E-state index >= 15 is 0 Å². The molecule has 22 heavy (non-hydrogen) atoms. The van der Waals surface area contributed by atoms with Crippen LogP contribution in [0.2, 0.25) is 0 Å². The molecule has 1 aliphatic rings. The zero-order chi connectivity index (χ0) is 16.7. The van der Waals surface area contributed by atoms with E-state index in [4.69, 9.17) is 5.73 Å². The standard InChI is InChI=1S/C14H21N3O4S/c1-10-6-12(17(18)19)13(7-11(10)2)22(20,21)16-5-4-14(3,8-15)9-16/h6-7H,4-5,8-9,15H2,1-3H3. The minimum atomic E-state index is -3.90. The van der Waals surface area contributed by atoms with Crippen LogP contribution >= 0.6 is 0 Å². The monoisotopic (exact) mass is 327 g/mol. The maximum absolute atomic E-state index is 12.8. The van der Waals surface area contributed by atoms with Gasteiger partial charge in [0.2, 0.25) is 10.0 Å². The van der Waals surface area contributed by atoms with Crippen molar-refractivity contribution in [3.05, 3.63) is 33.4 Å². The van der Waals surface area contributed by atoms with E-state index in [0.29, 0.717) is 30.6 Å². The Labute approximate surface area is 130 Å². The summed E-state index contributed by atoms with van der Waals surface area (Å²) in [7, 11) is -3.90. The number of nitro groups is 1. The molecule has 1 fully saturated rings. The van der Waals surface area contributed by atoms with Crippen LogP contribution in [0.4, 0.5) is 5.69 Å². The van der Waals surface area contributed by atoms with Crippen molar-refractivity contribution in [2.24, 2.45) is 11.1 Å². The first-order chi connectivity index (χ1) is 10.1. The Morgan fingerprint density at radius 2 is 1.95 bits per heavy atom. The molecule has 2 rings (SSSR count). The summed E-state index contributed by atoms with van der Waals surface area (Å²) >= 11 is 0. The molecule has 1 aliphatic heterocycles. The van der Waals surface area contributed by atoms with Crippen molar-refractivity contribution >= 4 is 15.7 Å². The molecule has 8 heteroatoms. The molecule has 122 valence electrons. The molecule has 0 spiro atoms. The number of sulfonamides is 1. The minimum absolute atomic E-state index is 0.234. The molecule has 7 nitrogen and oxygen atoms in total. The van der Waals surface area contributed by atoms with Gasteiger partial charge >= 0.3 is 0 Å². The average Bonchev–Trinajstić information content (AvgIpc) is 2.85. The van der Waals surface area contributed by atoms with E-state index in [1.54, 1.807) is 13.8 Å². The van der Waals surface area contributed by atoms with E-state index in [9.17, 15) is 18.5 Å². The molecule has 1 aromatic carbocycles. The first-order valence-electron chi connectivity index (χ1n) is 7.06. The van der Waals surface area contributed by atoms with Gasteiger partial charge in [-0.25, -0.2) is 8.42 Å². The van der Waals surface area contributed by atoms with Gasteiger partial charge in [0.25, 0.3) is 5.69 Å². The topological polar surface area (TPSA) is 107 Å². The van der Waals surface area contributed by atoms with Gasteiger partial charge in [0, 0.05) is 19.2 Å². The fourth-order valence-electron chi connectivity index (χ4n) is 2.61. The molecule has 1 heterocycles. The lowest BCUT2D eigenvalue weighted by Gasteiger charge is -2.22. The average molecular weight is 327 g/mol. The number of benzene rings is 1. The molecular weight excluding hydrogens is 306 g/mol. The highest BCUT2D eigenvalue weighted by Crippen LogP contribution is 2.36. The van der Waals surface area contributed by atoms with Gasteiger partial charge in [-0.2, -0.15) is 4.31 Å². The second-order valence-electron chi connectivity index (χ2n) is 6.26. The fourth-order valence-corrected chi connectivity index (χ4v) is 4.43. The van der Waals surface area contributed by atoms with Gasteiger partial charge in [-0.1, -0.05) is 6.92 Å². The van der Waals surface area contributed by atoms with Crippen LogP contribution in [-0.4, -0.2) is 37.3 Å². The number of hydrogen-bond donors (Lipinski definition) is 1. The third-order valence-corrected chi connectivity index (χ3v) is 6.28. The summed E-state index contributed by atoms with van der Waals surface area (Å²) in [5.41, 5.74) is 6.46. The third-order valence-electron chi connectivity index (χ3n) is 4.41. The number of nitrogens with two attached hydrogens (primary N) is 1. The van der Waals surface area contributed by atoms with Crippen molar-refractivity contribution < 1.29 is 13.3 Å². The zero-order valence-corrected chi connectivity index (χ0v) is 13.8. The van der Waals surface area contributed by atoms with Crippen LogP contribution in [0.3, 0.4) is 0 Å². The Balaban J connectivity index is 2.51. The maximum Gasteiger partial charge on any atom is 0.289 e. The highest BCUT2D eigenvalue weighted by Gasteiger charge is 2.41. The second-order valence-corrected chi connectivity index (χ2v) is 8.17. The molecule has 0 aromatic heterocycles. The van der Waals surface area contributed by atoms with Crippen LogP contribution in [0.1, 0.15) is 24.5 Å². The van der Waals surface area contributed by atoms with Gasteiger partial charge in [0.1, 0.15) is 0 Å². The van der Waals surface area contributed by atoms with Crippen molar-refractivity contribution in [3.8, 4) is 0 Å². The van der Waals surface area contributed by atoms with Gasteiger partial charge in [0.05, 0.1) is 4.92 Å². The molecule has 0 radical (unpaired) electrons. The van der Waals surface area contributed by atoms with Crippen LogP contribution in [-0.2, 0) is 10.0 Å². The molecule has 1 saturated heterocycles. The van der Waals surface area contributed by atoms with E-state index in [1.165, 1.54) is 16.4 Å². The number of nitro benzene ring substituents is 1. The smallest absolute Gasteiger partial charge is 0.289 e. The van der Waals surface area contributed by atoms with E-state index in [0.717, 1.165) is 0 Å². The van der Waals surface area contributed by atoms with Gasteiger partial charge in [-0.05, 0) is 49.4 Å². The first kappa shape index (κ1) is 16.9. The van der Waals surface area contributed by atoms with Crippen molar-refractivity contribution in [2.45, 2.75) is 32.1 Å². The first-order valence-corrected chi connectivity index (χ1v) is 8.50. The van der Waals surface area contributed by atoms with Crippen LogP contribution in [0, 0.1) is 29.4 Å². The summed E-state index contributed by atoms with van der Waals surface area (Å²) in [4.78, 5) is 10.4. The number of aryl methyl sites for hydroxylation is 2. The van der Waals surface area contributed by atoms with Crippen LogP contribution in [0.5, 0.6) is 0 Å². The third kappa shape index (κ3) is 2.86. The highest BCUT2D eigenvalue weighted by atomic mass is 32.2. The van der Waals surface area contributed by atoms with Gasteiger partial charge in [-0.3, -0.25) is 10.1 Å². The molecular formula is C14H21N3O4S. The predicted molar refractivity (Wildman–Crippen MR) is 83.1 cm³/mol. The quantitative estimate of drug-likeness (QED) is 0.667. The Bertz CT molecular complexity index is 717. The zero-order valence-electron chi connectivity index (χ0n) is 13.0. The highest BCUT2D eigenvalue weighted by molar-refractivity contribution is 7.89. The lowest BCUT2D eigenvalue weighted by atomic mass is 9.90. The largest absolute Gasteiger partial charge is 0.330 e. The van der Waals surface area contributed by atoms with Crippen molar-refractivity contribution in [1.29, 1.82) is 0 Å². The summed E-state index contributed by atoms with van der Waals surface area (Å²) in [6.45, 7) is 6.40. The molecule has 0 aliphatic carbocycles. The van der Waals surface area contributed by atoms with Gasteiger partial charge in [0.15, 0.2) is 4.90 Å². The van der Waals surface area contributed by atoms with Gasteiger partial charge in [-0.15, -0.1) is 0 Å². The minimum Gasteiger partial charge on any atom is -0.330 e. The molecule has 0 amide bonds. The molecule has 2 N–H and O–H groups in total. The Hall–Kier alpha value is -1.51. The molecule has 1 atom stereocenters. The van der Waals surface area contributed by atoms with E-state index in [1.807, 2.05) is 6.92 Å². The number of nitrogens with zero attached hydrogens (tertiary/aromatic N) is 2. The molecule has 1 aromatic rings. The van der Waals surface area contributed by atoms with E-state index < -0.39 is 14.9 Å². The van der Waals surface area contributed by atoms with Crippen molar-refractivity contribution in [1.82, 2.24) is 4.31 Å². The summed E-state index contributed by atoms with van der Waals surface area (Å²) in [5.74, 6) is 0. The van der Waals surface area contributed by atoms with E-state index in [-0.39, 0.29) is 22.5 Å². The summed E-state index contributed by atoms with van der Waals surface area (Å²) in [6.07, 6.45) is 0.654. The maximum atomic E-state index is 12.8. The Morgan fingerprint density at radius 1 is 1.36 bits per heavy atom. The van der Waals surface area contributed by atoms with Gasteiger partial charge < -0.3 is 5.73 Å². The fraction of sp³-hybridized carbons (Fsp3) is 0.571. The van der Waals surface area contributed by atoms with Crippen LogP contribution in [0.25, 0.3) is 0 Å². The molecule has 0 saturated carbocycles. The number of hydrogen-bond acceptors (Lipinski definition) is 5. The Kier molecular flexibility index (Phi) is 4.29.